The van der Waals surface area contributed by atoms with E-state index in [1.54, 1.807) is 13.2 Å². The largest absolute Gasteiger partial charge is 0.486 e. The van der Waals surface area contributed by atoms with Gasteiger partial charge in [0.1, 0.15) is 13.2 Å². The first-order chi connectivity index (χ1) is 10.8. The number of benzene rings is 1. The fourth-order valence-electron chi connectivity index (χ4n) is 2.13. The second-order valence-corrected chi connectivity index (χ2v) is 6.40. The molecule has 0 amide bonds. The average molecular weight is 323 g/mol. The molecule has 1 atom stereocenters. The molecule has 7 heteroatoms. The summed E-state index contributed by atoms with van der Waals surface area (Å²) in [5.74, 6) is 2.90. The molecule has 0 aliphatic carbocycles. The van der Waals surface area contributed by atoms with Crippen LogP contribution in [0.3, 0.4) is 0 Å². The predicted octanol–water partition coefficient (Wildman–Crippen LogP) is 2.01. The van der Waals surface area contributed by atoms with Gasteiger partial charge in [0.2, 0.25) is 0 Å². The van der Waals surface area contributed by atoms with Crippen LogP contribution in [0.25, 0.3) is 11.3 Å². The summed E-state index contributed by atoms with van der Waals surface area (Å²) in [5, 5.41) is 3.97. The Bertz CT molecular complexity index is 670. The number of methoxy groups -OCH3 is 1. The summed E-state index contributed by atoms with van der Waals surface area (Å²) in [6.07, 6.45) is 0. The molecular weight excluding hydrogens is 306 g/mol. The molecule has 0 N–H and O–H groups in total. The van der Waals surface area contributed by atoms with Crippen molar-refractivity contribution in [2.75, 3.05) is 32.7 Å². The van der Waals surface area contributed by atoms with E-state index in [1.807, 2.05) is 18.2 Å². The molecule has 0 saturated carbocycles. The molecule has 1 aliphatic heterocycles. The lowest BCUT2D eigenvalue weighted by Gasteiger charge is -2.18. The van der Waals surface area contributed by atoms with Gasteiger partial charge in [0.05, 0.1) is 18.1 Å². The van der Waals surface area contributed by atoms with Crippen LogP contribution in [0.5, 0.6) is 11.5 Å². The topological polar surface area (TPSA) is 70.8 Å². The first-order valence-electron chi connectivity index (χ1n) is 6.96. The second-order valence-electron chi connectivity index (χ2n) is 4.82. The highest BCUT2D eigenvalue weighted by molar-refractivity contribution is 7.84. The molecule has 2 heterocycles. The number of aromatic nitrogens is 1. The quantitative estimate of drug-likeness (QED) is 0.810. The third-order valence-electron chi connectivity index (χ3n) is 3.21. The van der Waals surface area contributed by atoms with Crippen LogP contribution in [0.15, 0.2) is 28.8 Å². The monoisotopic (exact) mass is 323 g/mol. The van der Waals surface area contributed by atoms with Crippen LogP contribution in [-0.2, 0) is 21.3 Å². The number of fused-ring (bicyclic) bond motifs is 1. The van der Waals surface area contributed by atoms with E-state index in [-0.39, 0.29) is 0 Å². The minimum Gasteiger partial charge on any atom is -0.486 e. The van der Waals surface area contributed by atoms with E-state index in [4.69, 9.17) is 18.7 Å². The van der Waals surface area contributed by atoms with E-state index < -0.39 is 10.8 Å². The predicted molar refractivity (Wildman–Crippen MR) is 81.5 cm³/mol. The van der Waals surface area contributed by atoms with Crippen LogP contribution in [-0.4, -0.2) is 42.0 Å². The Hall–Kier alpha value is -1.86. The molecule has 1 unspecified atom stereocenters. The number of ether oxygens (including phenoxy) is 3. The van der Waals surface area contributed by atoms with E-state index >= 15 is 0 Å². The van der Waals surface area contributed by atoms with Gasteiger partial charge in [-0.05, 0) is 18.2 Å². The molecule has 0 saturated heterocycles. The number of hydrogen-bond donors (Lipinski definition) is 0. The highest BCUT2D eigenvalue weighted by atomic mass is 32.2. The Labute approximate surface area is 130 Å². The highest BCUT2D eigenvalue weighted by Crippen LogP contribution is 2.34. The third kappa shape index (κ3) is 3.48. The second kappa shape index (κ2) is 6.93. The van der Waals surface area contributed by atoms with Crippen LogP contribution in [0.2, 0.25) is 0 Å². The number of rotatable bonds is 6. The summed E-state index contributed by atoms with van der Waals surface area (Å²) in [7, 11) is 0.582. The van der Waals surface area contributed by atoms with Crippen molar-refractivity contribution in [2.24, 2.45) is 0 Å². The van der Waals surface area contributed by atoms with Crippen molar-refractivity contribution in [2.45, 2.75) is 5.75 Å². The average Bonchev–Trinajstić information content (AvgIpc) is 3.01. The summed E-state index contributed by atoms with van der Waals surface area (Å²) in [6, 6.07) is 7.40. The molecule has 0 spiro atoms. The molecule has 0 fully saturated rings. The standard InChI is InChI=1S/C15H17NO5S/c1-18-6-7-22(17)10-12-9-14(21-16-12)11-2-3-13-15(8-11)20-5-4-19-13/h2-3,8-9H,4-7,10H2,1H3. The van der Waals surface area contributed by atoms with E-state index in [2.05, 4.69) is 5.16 Å². The Balaban J connectivity index is 1.72. The number of hydrogen-bond acceptors (Lipinski definition) is 6. The summed E-state index contributed by atoms with van der Waals surface area (Å²) >= 11 is 0. The van der Waals surface area contributed by atoms with Gasteiger partial charge in [0, 0.05) is 35.3 Å². The lowest BCUT2D eigenvalue weighted by Crippen LogP contribution is -2.15. The van der Waals surface area contributed by atoms with Gasteiger partial charge in [-0.25, -0.2) is 0 Å². The van der Waals surface area contributed by atoms with Crippen LogP contribution < -0.4 is 9.47 Å². The maximum atomic E-state index is 11.8. The zero-order valence-corrected chi connectivity index (χ0v) is 13.1. The minimum atomic E-state index is -1.01. The highest BCUT2D eigenvalue weighted by Gasteiger charge is 2.15. The third-order valence-corrected chi connectivity index (χ3v) is 4.45. The Kier molecular flexibility index (Phi) is 4.74. The lowest BCUT2D eigenvalue weighted by atomic mass is 10.1. The van der Waals surface area contributed by atoms with E-state index in [9.17, 15) is 4.21 Å². The Morgan fingerprint density at radius 3 is 2.86 bits per heavy atom. The molecule has 118 valence electrons. The fourth-order valence-corrected chi connectivity index (χ4v) is 3.09. The molecule has 1 aromatic carbocycles. The SMILES string of the molecule is COCCS(=O)Cc1cc(-c2ccc3c(c2)OCCO3)on1. The zero-order chi connectivity index (χ0) is 15.4. The van der Waals surface area contributed by atoms with E-state index in [0.717, 1.165) is 11.3 Å². The van der Waals surface area contributed by atoms with Crippen LogP contribution >= 0.6 is 0 Å². The molecule has 2 aromatic rings. The minimum absolute atomic E-state index is 0.359. The van der Waals surface area contributed by atoms with Crippen molar-refractivity contribution < 1.29 is 22.9 Å². The van der Waals surface area contributed by atoms with E-state index in [1.165, 1.54) is 0 Å². The Morgan fingerprint density at radius 1 is 1.23 bits per heavy atom. The number of nitrogens with zero attached hydrogens (tertiary/aromatic N) is 1. The van der Waals surface area contributed by atoms with Gasteiger partial charge in [-0.3, -0.25) is 4.21 Å². The molecule has 6 nitrogen and oxygen atoms in total. The van der Waals surface area contributed by atoms with Crippen molar-refractivity contribution in [3.05, 3.63) is 30.0 Å². The smallest absolute Gasteiger partial charge is 0.167 e. The van der Waals surface area contributed by atoms with Gasteiger partial charge < -0.3 is 18.7 Å². The zero-order valence-electron chi connectivity index (χ0n) is 12.2. The fraction of sp³-hybridized carbons (Fsp3) is 0.400. The molecule has 0 radical (unpaired) electrons. The normalized spacial score (nSPS) is 14.8. The summed E-state index contributed by atoms with van der Waals surface area (Å²) in [5.41, 5.74) is 1.52. The molecule has 22 heavy (non-hydrogen) atoms. The van der Waals surface area contributed by atoms with Gasteiger partial charge in [0.25, 0.3) is 0 Å². The lowest BCUT2D eigenvalue weighted by molar-refractivity contribution is 0.171. The van der Waals surface area contributed by atoms with Crippen molar-refractivity contribution in [1.29, 1.82) is 0 Å². The van der Waals surface area contributed by atoms with Crippen molar-refractivity contribution in [1.82, 2.24) is 5.16 Å². The Morgan fingerprint density at radius 2 is 2.05 bits per heavy atom. The first kappa shape index (κ1) is 15.1. The molecular formula is C15H17NO5S. The van der Waals surface area contributed by atoms with Crippen molar-refractivity contribution in [3.63, 3.8) is 0 Å². The summed E-state index contributed by atoms with van der Waals surface area (Å²) in [4.78, 5) is 0. The van der Waals surface area contributed by atoms with Crippen molar-refractivity contribution in [3.8, 4) is 22.8 Å². The molecule has 0 bridgehead atoms. The summed E-state index contributed by atoms with van der Waals surface area (Å²) < 4.78 is 33.1. The maximum absolute atomic E-state index is 11.8. The van der Waals surface area contributed by atoms with Gasteiger partial charge in [-0.15, -0.1) is 0 Å². The van der Waals surface area contributed by atoms with Gasteiger partial charge in [0.15, 0.2) is 17.3 Å². The van der Waals surface area contributed by atoms with Gasteiger partial charge in [-0.2, -0.15) is 0 Å². The molecule has 3 rings (SSSR count). The van der Waals surface area contributed by atoms with Gasteiger partial charge >= 0.3 is 0 Å². The van der Waals surface area contributed by atoms with Crippen molar-refractivity contribution >= 4 is 10.8 Å². The van der Waals surface area contributed by atoms with Crippen LogP contribution in [0.4, 0.5) is 0 Å². The van der Waals surface area contributed by atoms with Crippen LogP contribution in [0.1, 0.15) is 5.69 Å². The summed E-state index contributed by atoms with van der Waals surface area (Å²) in [6.45, 7) is 1.57. The first-order valence-corrected chi connectivity index (χ1v) is 8.44. The van der Waals surface area contributed by atoms with Gasteiger partial charge in [-0.1, -0.05) is 5.16 Å². The maximum Gasteiger partial charge on any atom is 0.167 e. The molecule has 1 aromatic heterocycles. The van der Waals surface area contributed by atoms with E-state index in [0.29, 0.717) is 48.5 Å². The molecule has 1 aliphatic rings. The van der Waals surface area contributed by atoms with Crippen LogP contribution in [0, 0.1) is 0 Å².